The number of carbonyl (C=O) groups is 1. The first kappa shape index (κ1) is 22.6. The van der Waals surface area contributed by atoms with Crippen LogP contribution in [-0.2, 0) is 6.18 Å². The van der Waals surface area contributed by atoms with E-state index < -0.39 is 17.7 Å². The van der Waals surface area contributed by atoms with Crippen molar-refractivity contribution in [3.8, 4) is 5.69 Å². The highest BCUT2D eigenvalue weighted by Gasteiger charge is 2.33. The summed E-state index contributed by atoms with van der Waals surface area (Å²) < 4.78 is 52.6. The van der Waals surface area contributed by atoms with Crippen LogP contribution in [0.4, 0.5) is 23.4 Å². The fraction of sp³-hybridized carbons (Fsp3) is 0.381. The second-order valence-electron chi connectivity index (χ2n) is 7.86. The standard InChI is InChI=1S/C21H21F4N7O/c1-30(20(33)16-10-15(22)2-3-17(16)32-28-6-7-29-32)12-14-4-8-31(9-5-14)19-11-18(21(23,24)25)26-13-27-19/h2-3,6-7,10-11,13-14H,4-5,8-9,12H2,1H3. The van der Waals surface area contributed by atoms with Crippen LogP contribution in [0, 0.1) is 11.7 Å². The van der Waals surface area contributed by atoms with E-state index in [0.717, 1.165) is 18.5 Å². The summed E-state index contributed by atoms with van der Waals surface area (Å²) in [6, 6.07) is 4.80. The largest absolute Gasteiger partial charge is 0.433 e. The predicted octanol–water partition coefficient (Wildman–Crippen LogP) is 3.20. The summed E-state index contributed by atoms with van der Waals surface area (Å²) in [5.74, 6) is -0.538. The van der Waals surface area contributed by atoms with Crippen molar-refractivity contribution in [2.75, 3.05) is 31.6 Å². The maximum Gasteiger partial charge on any atom is 0.433 e. The van der Waals surface area contributed by atoms with E-state index >= 15 is 0 Å². The van der Waals surface area contributed by atoms with Gasteiger partial charge in [-0.3, -0.25) is 4.79 Å². The number of carbonyl (C=O) groups excluding carboxylic acids is 1. The Kier molecular flexibility index (Phi) is 6.25. The van der Waals surface area contributed by atoms with E-state index in [4.69, 9.17) is 0 Å². The van der Waals surface area contributed by atoms with Gasteiger partial charge in [0.2, 0.25) is 0 Å². The number of hydrogen-bond donors (Lipinski definition) is 0. The Labute approximate surface area is 186 Å². The molecule has 0 N–H and O–H groups in total. The van der Waals surface area contributed by atoms with Crippen molar-refractivity contribution in [2.24, 2.45) is 5.92 Å². The third kappa shape index (κ3) is 5.10. The minimum atomic E-state index is -4.53. The molecule has 1 aliphatic rings. The minimum absolute atomic E-state index is 0.138. The van der Waals surface area contributed by atoms with Gasteiger partial charge in [-0.1, -0.05) is 0 Å². The number of piperidine rings is 1. The van der Waals surface area contributed by atoms with Crippen LogP contribution in [0.3, 0.4) is 0 Å². The molecule has 2 aromatic heterocycles. The number of amides is 1. The molecule has 0 saturated carbocycles. The number of halogens is 4. The molecule has 33 heavy (non-hydrogen) atoms. The predicted molar refractivity (Wildman–Crippen MR) is 110 cm³/mol. The van der Waals surface area contributed by atoms with Gasteiger partial charge < -0.3 is 9.80 Å². The second-order valence-corrected chi connectivity index (χ2v) is 7.86. The smallest absolute Gasteiger partial charge is 0.356 e. The molecule has 1 aliphatic heterocycles. The maximum absolute atomic E-state index is 13.9. The van der Waals surface area contributed by atoms with Crippen molar-refractivity contribution in [3.63, 3.8) is 0 Å². The van der Waals surface area contributed by atoms with Crippen LogP contribution < -0.4 is 4.90 Å². The number of benzene rings is 1. The Balaban J connectivity index is 1.40. The van der Waals surface area contributed by atoms with E-state index in [0.29, 0.717) is 38.2 Å². The summed E-state index contributed by atoms with van der Waals surface area (Å²) in [4.78, 5) is 24.9. The molecule has 0 bridgehead atoms. The second kappa shape index (κ2) is 9.12. The van der Waals surface area contributed by atoms with Crippen LogP contribution in [-0.4, -0.2) is 62.5 Å². The normalized spacial score (nSPS) is 15.0. The van der Waals surface area contributed by atoms with E-state index in [1.807, 2.05) is 0 Å². The van der Waals surface area contributed by atoms with Crippen LogP contribution in [0.15, 0.2) is 43.0 Å². The van der Waals surface area contributed by atoms with Gasteiger partial charge in [0.1, 0.15) is 23.7 Å². The molecule has 1 aromatic carbocycles. The van der Waals surface area contributed by atoms with Gasteiger partial charge in [0.15, 0.2) is 0 Å². The van der Waals surface area contributed by atoms with Crippen molar-refractivity contribution in [2.45, 2.75) is 19.0 Å². The number of anilines is 1. The summed E-state index contributed by atoms with van der Waals surface area (Å²) in [6.07, 6.45) is 0.649. The molecule has 0 radical (unpaired) electrons. The molecule has 8 nitrogen and oxygen atoms in total. The fourth-order valence-corrected chi connectivity index (χ4v) is 3.89. The third-order valence-electron chi connectivity index (χ3n) is 5.58. The summed E-state index contributed by atoms with van der Waals surface area (Å²) in [5.41, 5.74) is -0.457. The highest BCUT2D eigenvalue weighted by molar-refractivity contribution is 5.97. The molecule has 0 unspecified atom stereocenters. The van der Waals surface area contributed by atoms with Gasteiger partial charge in [-0.15, -0.1) is 0 Å². The molecule has 3 aromatic rings. The third-order valence-corrected chi connectivity index (χ3v) is 5.58. The van der Waals surface area contributed by atoms with Gasteiger partial charge in [-0.25, -0.2) is 14.4 Å². The average Bonchev–Trinajstić information content (AvgIpc) is 3.33. The molecule has 1 saturated heterocycles. The number of hydrogen-bond acceptors (Lipinski definition) is 6. The molecule has 174 valence electrons. The number of rotatable bonds is 5. The zero-order valence-electron chi connectivity index (χ0n) is 17.7. The molecule has 0 spiro atoms. The van der Waals surface area contributed by atoms with Crippen molar-refractivity contribution in [3.05, 3.63) is 60.1 Å². The van der Waals surface area contributed by atoms with E-state index in [2.05, 4.69) is 20.2 Å². The lowest BCUT2D eigenvalue weighted by Crippen LogP contribution is -2.40. The molecular formula is C21H21F4N7O. The van der Waals surface area contributed by atoms with Gasteiger partial charge in [0.25, 0.3) is 5.91 Å². The lowest BCUT2D eigenvalue weighted by molar-refractivity contribution is -0.141. The SMILES string of the molecule is CN(CC1CCN(c2cc(C(F)(F)F)ncn2)CC1)C(=O)c1cc(F)ccc1-n1nccn1. The molecule has 0 aliphatic carbocycles. The number of alkyl halides is 3. The van der Waals surface area contributed by atoms with Gasteiger partial charge in [0.05, 0.1) is 23.6 Å². The summed E-state index contributed by atoms with van der Waals surface area (Å²) in [6.45, 7) is 1.43. The van der Waals surface area contributed by atoms with Gasteiger partial charge in [0, 0.05) is 32.7 Å². The first-order chi connectivity index (χ1) is 15.7. The Morgan fingerprint density at radius 1 is 1.12 bits per heavy atom. The minimum Gasteiger partial charge on any atom is -0.356 e. The molecular weight excluding hydrogens is 442 g/mol. The van der Waals surface area contributed by atoms with Gasteiger partial charge in [-0.05, 0) is 37.0 Å². The maximum atomic E-state index is 13.9. The van der Waals surface area contributed by atoms with Crippen molar-refractivity contribution >= 4 is 11.7 Å². The Bertz CT molecular complexity index is 1110. The van der Waals surface area contributed by atoms with Crippen LogP contribution in [0.5, 0.6) is 0 Å². The quantitative estimate of drug-likeness (QED) is 0.541. The topological polar surface area (TPSA) is 80.0 Å². The number of aromatic nitrogens is 5. The van der Waals surface area contributed by atoms with Crippen LogP contribution in [0.2, 0.25) is 0 Å². The van der Waals surface area contributed by atoms with E-state index in [9.17, 15) is 22.4 Å². The van der Waals surface area contributed by atoms with Gasteiger partial charge in [-0.2, -0.15) is 28.2 Å². The van der Waals surface area contributed by atoms with Crippen molar-refractivity contribution in [1.29, 1.82) is 0 Å². The van der Waals surface area contributed by atoms with E-state index in [1.165, 1.54) is 34.2 Å². The molecule has 12 heteroatoms. The first-order valence-corrected chi connectivity index (χ1v) is 10.3. The number of nitrogens with zero attached hydrogens (tertiary/aromatic N) is 7. The molecule has 1 amide bonds. The highest BCUT2D eigenvalue weighted by Crippen LogP contribution is 2.30. The molecule has 3 heterocycles. The van der Waals surface area contributed by atoms with Crippen LogP contribution in [0.1, 0.15) is 28.9 Å². The summed E-state index contributed by atoms with van der Waals surface area (Å²) in [5, 5.41) is 8.04. The molecule has 0 atom stereocenters. The Morgan fingerprint density at radius 2 is 1.82 bits per heavy atom. The average molecular weight is 463 g/mol. The fourth-order valence-electron chi connectivity index (χ4n) is 3.89. The highest BCUT2D eigenvalue weighted by atomic mass is 19.4. The molecule has 4 rings (SSSR count). The monoisotopic (exact) mass is 463 g/mol. The summed E-state index contributed by atoms with van der Waals surface area (Å²) in [7, 11) is 1.64. The zero-order chi connectivity index (χ0) is 23.6. The molecule has 1 fully saturated rings. The lowest BCUT2D eigenvalue weighted by Gasteiger charge is -2.34. The van der Waals surface area contributed by atoms with Crippen molar-refractivity contribution < 1.29 is 22.4 Å². The summed E-state index contributed by atoms with van der Waals surface area (Å²) >= 11 is 0. The first-order valence-electron chi connectivity index (χ1n) is 10.3. The van der Waals surface area contributed by atoms with Crippen molar-refractivity contribution in [1.82, 2.24) is 29.9 Å². The van der Waals surface area contributed by atoms with Crippen LogP contribution >= 0.6 is 0 Å². The zero-order valence-corrected chi connectivity index (χ0v) is 17.7. The Morgan fingerprint density at radius 3 is 2.48 bits per heavy atom. The van der Waals surface area contributed by atoms with Crippen LogP contribution in [0.25, 0.3) is 5.69 Å². The van der Waals surface area contributed by atoms with E-state index in [-0.39, 0.29) is 23.2 Å². The Hall–Kier alpha value is -3.57. The van der Waals surface area contributed by atoms with E-state index in [1.54, 1.807) is 11.9 Å². The van der Waals surface area contributed by atoms with Gasteiger partial charge >= 0.3 is 6.18 Å². The lowest BCUT2D eigenvalue weighted by atomic mass is 9.96.